The lowest BCUT2D eigenvalue weighted by Gasteiger charge is -2.11. The zero-order chi connectivity index (χ0) is 16.2. The van der Waals surface area contributed by atoms with Gasteiger partial charge in [-0.3, -0.25) is 9.36 Å². The number of benzene rings is 1. The molecule has 0 spiro atoms. The summed E-state index contributed by atoms with van der Waals surface area (Å²) in [6.07, 6.45) is 1.60. The summed E-state index contributed by atoms with van der Waals surface area (Å²) in [6.45, 7) is 0. The molecule has 7 heteroatoms. The van der Waals surface area contributed by atoms with E-state index < -0.39 is 0 Å². The zero-order valence-electron chi connectivity index (χ0n) is 12.8. The highest BCUT2D eigenvalue weighted by molar-refractivity contribution is 7.99. The van der Waals surface area contributed by atoms with Gasteiger partial charge in [-0.25, -0.2) is 0 Å². The van der Waals surface area contributed by atoms with Gasteiger partial charge in [0.25, 0.3) is 0 Å². The van der Waals surface area contributed by atoms with Gasteiger partial charge in [0.05, 0.1) is 12.0 Å². The average Bonchev–Trinajstić information content (AvgIpc) is 3.22. The van der Waals surface area contributed by atoms with Crippen molar-refractivity contribution in [3.63, 3.8) is 0 Å². The van der Waals surface area contributed by atoms with Crippen LogP contribution in [-0.2, 0) is 4.79 Å². The summed E-state index contributed by atoms with van der Waals surface area (Å²) in [6, 6.07) is 13.4. The number of amides is 1. The van der Waals surface area contributed by atoms with Gasteiger partial charge >= 0.3 is 0 Å². The van der Waals surface area contributed by atoms with E-state index in [0.29, 0.717) is 22.5 Å². The van der Waals surface area contributed by atoms with Gasteiger partial charge in [-0.1, -0.05) is 30.0 Å². The fourth-order valence-corrected chi connectivity index (χ4v) is 2.92. The standard InChI is InChI=1S/C16H16N4O2S/c1-19(2)14(21)11-23-16-18-17-15(13-9-6-10-22-13)20(16)12-7-4-3-5-8-12/h3-10H,11H2,1-2H3. The van der Waals surface area contributed by atoms with Crippen molar-refractivity contribution < 1.29 is 9.21 Å². The zero-order valence-corrected chi connectivity index (χ0v) is 13.7. The van der Waals surface area contributed by atoms with Crippen LogP contribution in [0.2, 0.25) is 0 Å². The van der Waals surface area contributed by atoms with Crippen LogP contribution in [0.1, 0.15) is 0 Å². The quantitative estimate of drug-likeness (QED) is 0.674. The molecule has 0 aliphatic heterocycles. The third-order valence-electron chi connectivity index (χ3n) is 3.21. The lowest BCUT2D eigenvalue weighted by molar-refractivity contribution is -0.125. The SMILES string of the molecule is CN(C)C(=O)CSc1nnc(-c2ccco2)n1-c1ccccc1. The molecule has 2 aromatic heterocycles. The van der Waals surface area contributed by atoms with E-state index in [-0.39, 0.29) is 5.91 Å². The number of carbonyl (C=O) groups excluding carboxylic acids is 1. The first-order valence-electron chi connectivity index (χ1n) is 7.04. The highest BCUT2D eigenvalue weighted by Gasteiger charge is 2.18. The first-order chi connectivity index (χ1) is 11.2. The molecule has 0 unspecified atom stereocenters. The van der Waals surface area contributed by atoms with Gasteiger partial charge in [0.1, 0.15) is 0 Å². The number of nitrogens with zero attached hydrogens (tertiary/aromatic N) is 4. The maximum Gasteiger partial charge on any atom is 0.232 e. The third kappa shape index (κ3) is 3.29. The molecule has 0 aliphatic carbocycles. The fraction of sp³-hybridized carbons (Fsp3) is 0.188. The summed E-state index contributed by atoms with van der Waals surface area (Å²) >= 11 is 1.35. The Labute approximate surface area is 138 Å². The Bertz CT molecular complexity index is 782. The topological polar surface area (TPSA) is 64.2 Å². The van der Waals surface area contributed by atoms with Crippen molar-refractivity contribution >= 4 is 17.7 Å². The molecular weight excluding hydrogens is 312 g/mol. The minimum atomic E-state index is 0.0251. The Morgan fingerprint density at radius 3 is 2.61 bits per heavy atom. The Hall–Kier alpha value is -2.54. The second-order valence-corrected chi connectivity index (χ2v) is 5.97. The van der Waals surface area contributed by atoms with Crippen LogP contribution in [0.4, 0.5) is 0 Å². The minimum Gasteiger partial charge on any atom is -0.461 e. The van der Waals surface area contributed by atoms with Gasteiger partial charge in [0, 0.05) is 19.8 Å². The highest BCUT2D eigenvalue weighted by Crippen LogP contribution is 2.28. The van der Waals surface area contributed by atoms with Gasteiger partial charge in [-0.2, -0.15) is 0 Å². The van der Waals surface area contributed by atoms with E-state index in [1.807, 2.05) is 47.0 Å². The molecule has 0 radical (unpaired) electrons. The summed E-state index contributed by atoms with van der Waals surface area (Å²) in [5, 5.41) is 9.11. The fourth-order valence-electron chi connectivity index (χ4n) is 1.99. The highest BCUT2D eigenvalue weighted by atomic mass is 32.2. The smallest absolute Gasteiger partial charge is 0.232 e. The third-order valence-corrected chi connectivity index (χ3v) is 4.13. The van der Waals surface area contributed by atoms with Crippen LogP contribution in [-0.4, -0.2) is 45.4 Å². The van der Waals surface area contributed by atoms with Gasteiger partial charge < -0.3 is 9.32 Å². The lowest BCUT2D eigenvalue weighted by atomic mass is 10.3. The van der Waals surface area contributed by atoms with E-state index in [2.05, 4.69) is 10.2 Å². The molecule has 0 saturated heterocycles. The number of aromatic nitrogens is 3. The maximum absolute atomic E-state index is 11.8. The largest absolute Gasteiger partial charge is 0.461 e. The monoisotopic (exact) mass is 328 g/mol. The summed E-state index contributed by atoms with van der Waals surface area (Å²) in [4.78, 5) is 13.4. The van der Waals surface area contributed by atoms with E-state index in [4.69, 9.17) is 4.42 Å². The first kappa shape index (κ1) is 15.4. The summed E-state index contributed by atoms with van der Waals surface area (Å²) in [5.41, 5.74) is 0.920. The van der Waals surface area contributed by atoms with E-state index in [9.17, 15) is 4.79 Å². The maximum atomic E-state index is 11.8. The van der Waals surface area contributed by atoms with Gasteiger partial charge in [0.2, 0.25) is 11.7 Å². The number of carbonyl (C=O) groups is 1. The van der Waals surface area contributed by atoms with Crippen LogP contribution in [0.3, 0.4) is 0 Å². The van der Waals surface area contributed by atoms with Crippen LogP contribution in [0, 0.1) is 0 Å². The van der Waals surface area contributed by atoms with Gasteiger partial charge in [-0.15, -0.1) is 10.2 Å². The lowest BCUT2D eigenvalue weighted by Crippen LogP contribution is -2.23. The first-order valence-corrected chi connectivity index (χ1v) is 8.03. The molecule has 2 heterocycles. The minimum absolute atomic E-state index is 0.0251. The molecule has 0 bridgehead atoms. The van der Waals surface area contributed by atoms with Crippen molar-refractivity contribution in [1.82, 2.24) is 19.7 Å². The number of rotatable bonds is 5. The Morgan fingerprint density at radius 1 is 1.17 bits per heavy atom. The molecule has 118 valence electrons. The van der Waals surface area contributed by atoms with Crippen molar-refractivity contribution in [1.29, 1.82) is 0 Å². The Morgan fingerprint density at radius 2 is 1.96 bits per heavy atom. The van der Waals surface area contributed by atoms with Crippen LogP contribution in [0.5, 0.6) is 0 Å². The molecule has 0 aliphatic rings. The normalized spacial score (nSPS) is 10.7. The van der Waals surface area contributed by atoms with Crippen molar-refractivity contribution in [3.8, 4) is 17.3 Å². The molecule has 3 aromatic rings. The van der Waals surface area contributed by atoms with Gasteiger partial charge in [-0.05, 0) is 24.3 Å². The molecule has 0 saturated carbocycles. The second-order valence-electron chi connectivity index (χ2n) is 5.03. The van der Waals surface area contributed by atoms with Crippen LogP contribution in [0.15, 0.2) is 58.3 Å². The number of hydrogen-bond acceptors (Lipinski definition) is 5. The van der Waals surface area contributed by atoms with E-state index in [1.165, 1.54) is 11.8 Å². The summed E-state index contributed by atoms with van der Waals surface area (Å²) in [7, 11) is 3.47. The Balaban J connectivity index is 1.98. The van der Waals surface area contributed by atoms with Crippen molar-refractivity contribution in [2.45, 2.75) is 5.16 Å². The summed E-state index contributed by atoms with van der Waals surface area (Å²) < 4.78 is 7.35. The molecule has 23 heavy (non-hydrogen) atoms. The van der Waals surface area contributed by atoms with E-state index in [0.717, 1.165) is 5.69 Å². The molecule has 0 fully saturated rings. The predicted molar refractivity (Wildman–Crippen MR) is 88.5 cm³/mol. The number of hydrogen-bond donors (Lipinski definition) is 0. The van der Waals surface area contributed by atoms with Crippen LogP contribution < -0.4 is 0 Å². The summed E-state index contributed by atoms with van der Waals surface area (Å²) in [5.74, 6) is 1.57. The second kappa shape index (κ2) is 6.70. The predicted octanol–water partition coefficient (Wildman–Crippen LogP) is 2.71. The number of thioether (sulfide) groups is 1. The van der Waals surface area contributed by atoms with Crippen LogP contribution >= 0.6 is 11.8 Å². The van der Waals surface area contributed by atoms with Crippen molar-refractivity contribution in [3.05, 3.63) is 48.7 Å². The Kier molecular flexibility index (Phi) is 4.47. The molecule has 0 N–H and O–H groups in total. The molecule has 6 nitrogen and oxygen atoms in total. The number of furan rings is 1. The van der Waals surface area contributed by atoms with Crippen molar-refractivity contribution in [2.75, 3.05) is 19.8 Å². The molecule has 3 rings (SSSR count). The molecule has 0 atom stereocenters. The molecule has 1 aromatic carbocycles. The van der Waals surface area contributed by atoms with E-state index >= 15 is 0 Å². The van der Waals surface area contributed by atoms with Crippen LogP contribution in [0.25, 0.3) is 17.3 Å². The number of para-hydroxylation sites is 1. The van der Waals surface area contributed by atoms with Crippen molar-refractivity contribution in [2.24, 2.45) is 0 Å². The molecular formula is C16H16N4O2S. The molecule has 1 amide bonds. The van der Waals surface area contributed by atoms with Gasteiger partial charge in [0.15, 0.2) is 10.9 Å². The van der Waals surface area contributed by atoms with E-state index in [1.54, 1.807) is 25.3 Å². The average molecular weight is 328 g/mol.